The molecule has 36 heavy (non-hydrogen) atoms. The summed E-state index contributed by atoms with van der Waals surface area (Å²) in [4.78, 5) is 4.81. The third-order valence-electron chi connectivity index (χ3n) is 6.48. The number of rotatable bonds is 3. The lowest BCUT2D eigenvalue weighted by atomic mass is 9.96. The number of hydrogen-bond acceptors (Lipinski definition) is 1. The first-order valence-electron chi connectivity index (χ1n) is 11.6. The second-order valence-corrected chi connectivity index (χ2v) is 8.82. The molecule has 5 aromatic carbocycles. The van der Waals surface area contributed by atoms with E-state index in [4.69, 9.17) is 4.98 Å². The van der Waals surface area contributed by atoms with Crippen LogP contribution in [-0.2, 0) is 6.18 Å². The molecule has 0 unspecified atom stereocenters. The van der Waals surface area contributed by atoms with Crippen LogP contribution in [0.5, 0.6) is 0 Å². The highest BCUT2D eigenvalue weighted by Gasteiger charge is 2.30. The standard InChI is InChI=1S/C32H20F3N/c33-32(34,35)29-6-3-5-24(20-29)21-8-10-22(11-9-21)25-12-13-27-19-28(15-14-26(27)18-25)31-17-16-23-4-1-2-7-30(23)36-31/h1-20H. The third kappa shape index (κ3) is 4.22. The van der Waals surface area contributed by atoms with Gasteiger partial charge in [-0.1, -0.05) is 84.9 Å². The Labute approximate surface area is 206 Å². The minimum Gasteiger partial charge on any atom is -0.248 e. The molecule has 1 nitrogen and oxygen atoms in total. The molecule has 0 saturated carbocycles. The maximum atomic E-state index is 13.1. The molecule has 0 atom stereocenters. The van der Waals surface area contributed by atoms with E-state index in [9.17, 15) is 13.2 Å². The summed E-state index contributed by atoms with van der Waals surface area (Å²) in [6, 6.07) is 37.9. The molecule has 0 aliphatic carbocycles. The van der Waals surface area contributed by atoms with Gasteiger partial charge in [-0.15, -0.1) is 0 Å². The Balaban J connectivity index is 1.29. The molecule has 0 amide bonds. The molecule has 1 aromatic heterocycles. The predicted molar refractivity (Wildman–Crippen MR) is 141 cm³/mol. The highest BCUT2D eigenvalue weighted by Crippen LogP contribution is 2.33. The number of nitrogens with zero attached hydrogens (tertiary/aromatic N) is 1. The van der Waals surface area contributed by atoms with E-state index in [2.05, 4.69) is 48.5 Å². The average Bonchev–Trinajstić information content (AvgIpc) is 2.92. The monoisotopic (exact) mass is 475 g/mol. The molecule has 0 aliphatic rings. The van der Waals surface area contributed by atoms with Gasteiger partial charge >= 0.3 is 6.18 Å². The fraction of sp³-hybridized carbons (Fsp3) is 0.0312. The Morgan fingerprint density at radius 3 is 1.75 bits per heavy atom. The zero-order valence-electron chi connectivity index (χ0n) is 19.1. The van der Waals surface area contributed by atoms with Crippen molar-refractivity contribution in [3.63, 3.8) is 0 Å². The maximum Gasteiger partial charge on any atom is 0.416 e. The van der Waals surface area contributed by atoms with E-state index < -0.39 is 11.7 Å². The largest absolute Gasteiger partial charge is 0.416 e. The Bertz CT molecular complexity index is 1720. The van der Waals surface area contributed by atoms with E-state index in [0.29, 0.717) is 5.56 Å². The fourth-order valence-corrected chi connectivity index (χ4v) is 4.54. The molecule has 0 fully saturated rings. The molecule has 6 rings (SSSR count). The van der Waals surface area contributed by atoms with Crippen molar-refractivity contribution in [2.45, 2.75) is 6.18 Å². The Morgan fingerprint density at radius 1 is 0.444 bits per heavy atom. The quantitative estimate of drug-likeness (QED) is 0.248. The van der Waals surface area contributed by atoms with Gasteiger partial charge in [0.25, 0.3) is 0 Å². The molecule has 4 heteroatoms. The molecule has 6 aromatic rings. The van der Waals surface area contributed by atoms with E-state index in [1.807, 2.05) is 48.5 Å². The van der Waals surface area contributed by atoms with Gasteiger partial charge in [0, 0.05) is 10.9 Å². The van der Waals surface area contributed by atoms with Crippen molar-refractivity contribution in [1.82, 2.24) is 4.98 Å². The van der Waals surface area contributed by atoms with Crippen molar-refractivity contribution < 1.29 is 13.2 Å². The highest BCUT2D eigenvalue weighted by atomic mass is 19.4. The summed E-state index contributed by atoms with van der Waals surface area (Å²) in [5, 5.41) is 3.34. The number of pyridine rings is 1. The lowest BCUT2D eigenvalue weighted by Crippen LogP contribution is -2.04. The Kier molecular flexibility index (Phi) is 5.30. The van der Waals surface area contributed by atoms with E-state index in [1.54, 1.807) is 6.07 Å². The zero-order valence-corrected chi connectivity index (χ0v) is 19.1. The number of aromatic nitrogens is 1. The molecular weight excluding hydrogens is 455 g/mol. The Morgan fingerprint density at radius 2 is 1.03 bits per heavy atom. The molecule has 1 heterocycles. The summed E-state index contributed by atoms with van der Waals surface area (Å²) in [5.74, 6) is 0. The fourth-order valence-electron chi connectivity index (χ4n) is 4.54. The first-order valence-corrected chi connectivity index (χ1v) is 11.6. The minimum absolute atomic E-state index is 0.546. The average molecular weight is 476 g/mol. The lowest BCUT2D eigenvalue weighted by Gasteiger charge is -2.10. The van der Waals surface area contributed by atoms with Gasteiger partial charge in [0.05, 0.1) is 16.8 Å². The molecule has 0 aliphatic heterocycles. The van der Waals surface area contributed by atoms with Crippen molar-refractivity contribution in [2.75, 3.05) is 0 Å². The van der Waals surface area contributed by atoms with Gasteiger partial charge in [-0.25, -0.2) is 4.98 Å². The molecule has 0 radical (unpaired) electrons. The molecule has 174 valence electrons. The smallest absolute Gasteiger partial charge is 0.248 e. The van der Waals surface area contributed by atoms with Crippen LogP contribution in [0.4, 0.5) is 13.2 Å². The van der Waals surface area contributed by atoms with Gasteiger partial charge < -0.3 is 0 Å². The van der Waals surface area contributed by atoms with Crippen LogP contribution in [-0.4, -0.2) is 4.98 Å². The molecular formula is C32H20F3N. The van der Waals surface area contributed by atoms with E-state index in [1.165, 1.54) is 12.1 Å². The zero-order chi connectivity index (χ0) is 24.7. The van der Waals surface area contributed by atoms with Gasteiger partial charge in [0.1, 0.15) is 0 Å². The predicted octanol–water partition coefficient (Wildman–Crippen LogP) is 9.41. The third-order valence-corrected chi connectivity index (χ3v) is 6.48. The number of alkyl halides is 3. The van der Waals surface area contributed by atoms with Crippen LogP contribution >= 0.6 is 0 Å². The van der Waals surface area contributed by atoms with Gasteiger partial charge in [-0.05, 0) is 69.4 Å². The summed E-state index contributed by atoms with van der Waals surface area (Å²) in [5.41, 5.74) is 5.68. The summed E-state index contributed by atoms with van der Waals surface area (Å²) >= 11 is 0. The van der Waals surface area contributed by atoms with Crippen LogP contribution in [0.2, 0.25) is 0 Å². The van der Waals surface area contributed by atoms with E-state index in [-0.39, 0.29) is 0 Å². The summed E-state index contributed by atoms with van der Waals surface area (Å²) in [7, 11) is 0. The van der Waals surface area contributed by atoms with Crippen molar-refractivity contribution in [3.05, 3.63) is 127 Å². The van der Waals surface area contributed by atoms with Gasteiger partial charge in [0.15, 0.2) is 0 Å². The van der Waals surface area contributed by atoms with Crippen LogP contribution in [0.25, 0.3) is 55.2 Å². The van der Waals surface area contributed by atoms with Crippen molar-refractivity contribution in [1.29, 1.82) is 0 Å². The molecule has 0 spiro atoms. The SMILES string of the molecule is FC(F)(F)c1cccc(-c2ccc(-c3ccc4cc(-c5ccc6ccccc6n5)ccc4c3)cc2)c1. The van der Waals surface area contributed by atoms with Crippen LogP contribution < -0.4 is 0 Å². The highest BCUT2D eigenvalue weighted by molar-refractivity contribution is 5.91. The van der Waals surface area contributed by atoms with Crippen LogP contribution in [0, 0.1) is 0 Å². The van der Waals surface area contributed by atoms with E-state index >= 15 is 0 Å². The van der Waals surface area contributed by atoms with Gasteiger partial charge in [0.2, 0.25) is 0 Å². The molecule has 0 saturated heterocycles. The molecule has 0 bridgehead atoms. The topological polar surface area (TPSA) is 12.9 Å². The van der Waals surface area contributed by atoms with Crippen LogP contribution in [0.3, 0.4) is 0 Å². The van der Waals surface area contributed by atoms with Crippen molar-refractivity contribution in [3.8, 4) is 33.5 Å². The summed E-state index contributed by atoms with van der Waals surface area (Å²) < 4.78 is 39.2. The van der Waals surface area contributed by atoms with Crippen molar-refractivity contribution in [2.24, 2.45) is 0 Å². The minimum atomic E-state index is -4.36. The Hall–Kier alpha value is -4.44. The maximum absolute atomic E-state index is 13.1. The number of benzene rings is 5. The van der Waals surface area contributed by atoms with Crippen LogP contribution in [0.15, 0.2) is 121 Å². The summed E-state index contributed by atoms with van der Waals surface area (Å²) in [6.07, 6.45) is -4.36. The van der Waals surface area contributed by atoms with Crippen molar-refractivity contribution >= 4 is 21.7 Å². The van der Waals surface area contributed by atoms with E-state index in [0.717, 1.165) is 55.7 Å². The lowest BCUT2D eigenvalue weighted by molar-refractivity contribution is -0.137. The van der Waals surface area contributed by atoms with Gasteiger partial charge in [-0.2, -0.15) is 13.2 Å². The van der Waals surface area contributed by atoms with Gasteiger partial charge in [-0.3, -0.25) is 0 Å². The van der Waals surface area contributed by atoms with Crippen LogP contribution in [0.1, 0.15) is 5.56 Å². The number of halogens is 3. The first kappa shape index (κ1) is 22.1. The first-order chi connectivity index (χ1) is 17.4. The normalized spacial score (nSPS) is 11.8. The molecule has 0 N–H and O–H groups in total. The number of para-hydroxylation sites is 1. The number of hydrogen-bond donors (Lipinski definition) is 0. The summed E-state index contributed by atoms with van der Waals surface area (Å²) in [6.45, 7) is 0. The second kappa shape index (κ2) is 8.65. The number of fused-ring (bicyclic) bond motifs is 2. The second-order valence-electron chi connectivity index (χ2n) is 8.82.